The molecule has 0 aromatic heterocycles. The van der Waals surface area contributed by atoms with Crippen LogP contribution in [0.25, 0.3) is 0 Å². The second kappa shape index (κ2) is 4.84. The van der Waals surface area contributed by atoms with E-state index in [4.69, 9.17) is 18.0 Å². The quantitative estimate of drug-likeness (QED) is 0.579. The largest absolute Gasteiger partial charge is 0.385 e. The van der Waals surface area contributed by atoms with E-state index < -0.39 is 6.04 Å². The van der Waals surface area contributed by atoms with E-state index in [9.17, 15) is 4.79 Å². The molecule has 0 radical (unpaired) electrons. The summed E-state index contributed by atoms with van der Waals surface area (Å²) in [6, 6.07) is 8.62. The van der Waals surface area contributed by atoms with Crippen LogP contribution in [0.2, 0.25) is 0 Å². The van der Waals surface area contributed by atoms with Gasteiger partial charge in [-0.15, -0.1) is 0 Å². The summed E-state index contributed by atoms with van der Waals surface area (Å²) in [4.78, 5) is 19.5. The van der Waals surface area contributed by atoms with Crippen LogP contribution in [0, 0.1) is 0 Å². The fraction of sp³-hybridized carbons (Fsp3) is 0.0909. The minimum absolute atomic E-state index is 0.0821. The van der Waals surface area contributed by atoms with Gasteiger partial charge < -0.3 is 5.73 Å². The second-order valence-electron chi connectivity index (χ2n) is 3.42. The monoisotopic (exact) mass is 246 g/mol. The lowest BCUT2D eigenvalue weighted by molar-refractivity contribution is -0.119. The first-order chi connectivity index (χ1) is 8.16. The molecule has 0 fully saturated rings. The molecule has 1 unspecified atom stereocenters. The number of amidine groups is 1. The van der Waals surface area contributed by atoms with Crippen molar-refractivity contribution in [2.75, 3.05) is 0 Å². The summed E-state index contributed by atoms with van der Waals surface area (Å²) in [5.41, 5.74) is 6.50. The van der Waals surface area contributed by atoms with Gasteiger partial charge >= 0.3 is 0 Å². The summed E-state index contributed by atoms with van der Waals surface area (Å²) in [7, 11) is 0. The Hall–Kier alpha value is -2.08. The number of aliphatic imine (C=N–C) groups is 2. The van der Waals surface area contributed by atoms with Crippen molar-refractivity contribution in [2.45, 2.75) is 6.04 Å². The van der Waals surface area contributed by atoms with Crippen LogP contribution in [0.3, 0.4) is 0 Å². The Bertz CT molecular complexity index is 509. The van der Waals surface area contributed by atoms with Gasteiger partial charge in [-0.2, -0.15) is 0 Å². The van der Waals surface area contributed by atoms with Gasteiger partial charge in [-0.3, -0.25) is 15.1 Å². The molecule has 2 rings (SSSR count). The van der Waals surface area contributed by atoms with Gasteiger partial charge in [-0.25, -0.2) is 4.99 Å². The van der Waals surface area contributed by atoms with E-state index in [0.717, 1.165) is 5.56 Å². The molecule has 17 heavy (non-hydrogen) atoms. The number of carbonyl (C=O) groups excluding carboxylic acids is 1. The molecule has 1 atom stereocenters. The van der Waals surface area contributed by atoms with E-state index in [1.165, 1.54) is 0 Å². The van der Waals surface area contributed by atoms with Crippen molar-refractivity contribution >= 4 is 35.3 Å². The SMILES string of the molecule is NC1=NC(=S)NC(=O)C1N=Cc1ccccc1. The number of hydrogen-bond donors (Lipinski definition) is 2. The molecule has 0 saturated carbocycles. The number of thiocarbonyl (C=S) groups is 1. The number of rotatable bonds is 2. The molecule has 1 aliphatic rings. The average molecular weight is 246 g/mol. The zero-order valence-electron chi connectivity index (χ0n) is 8.83. The first-order valence-electron chi connectivity index (χ1n) is 4.94. The highest BCUT2D eigenvalue weighted by atomic mass is 32.1. The molecule has 0 bridgehead atoms. The maximum atomic E-state index is 11.6. The summed E-state index contributed by atoms with van der Waals surface area (Å²) in [5.74, 6) is -0.236. The van der Waals surface area contributed by atoms with Crippen molar-refractivity contribution in [3.05, 3.63) is 35.9 Å². The minimum atomic E-state index is -0.804. The predicted molar refractivity (Wildman–Crippen MR) is 70.2 cm³/mol. The van der Waals surface area contributed by atoms with Gasteiger partial charge in [0.1, 0.15) is 5.84 Å². The smallest absolute Gasteiger partial charge is 0.258 e. The Balaban J connectivity index is 2.19. The van der Waals surface area contributed by atoms with Gasteiger partial charge in [0.2, 0.25) is 5.11 Å². The predicted octanol–water partition coefficient (Wildman–Crippen LogP) is 0.246. The Morgan fingerprint density at radius 3 is 2.76 bits per heavy atom. The van der Waals surface area contributed by atoms with Crippen molar-refractivity contribution in [1.82, 2.24) is 5.32 Å². The molecule has 1 aromatic carbocycles. The number of amides is 1. The Morgan fingerprint density at radius 1 is 1.41 bits per heavy atom. The molecule has 5 nitrogen and oxygen atoms in total. The molecule has 1 heterocycles. The third kappa shape index (κ3) is 2.73. The number of nitrogens with zero attached hydrogens (tertiary/aromatic N) is 2. The molecule has 0 aliphatic carbocycles. The van der Waals surface area contributed by atoms with Crippen LogP contribution in [-0.2, 0) is 4.79 Å². The lowest BCUT2D eigenvalue weighted by Crippen LogP contribution is -2.49. The molecule has 0 spiro atoms. The Labute approximate surface area is 103 Å². The van der Waals surface area contributed by atoms with E-state index in [1.54, 1.807) is 6.21 Å². The number of nitrogens with two attached hydrogens (primary N) is 1. The zero-order chi connectivity index (χ0) is 12.3. The Kier molecular flexibility index (Phi) is 3.24. The molecule has 1 aliphatic heterocycles. The van der Waals surface area contributed by atoms with Crippen LogP contribution >= 0.6 is 12.2 Å². The molecular weight excluding hydrogens is 236 g/mol. The highest BCUT2D eigenvalue weighted by molar-refractivity contribution is 7.80. The van der Waals surface area contributed by atoms with Gasteiger partial charge in [0.05, 0.1) is 0 Å². The molecule has 6 heteroatoms. The van der Waals surface area contributed by atoms with Gasteiger partial charge in [-0.1, -0.05) is 30.3 Å². The molecule has 0 saturated heterocycles. The first kappa shape index (κ1) is 11.4. The lowest BCUT2D eigenvalue weighted by atomic mass is 10.2. The van der Waals surface area contributed by atoms with Crippen LogP contribution in [0.4, 0.5) is 0 Å². The molecule has 86 valence electrons. The van der Waals surface area contributed by atoms with Crippen molar-refractivity contribution in [2.24, 2.45) is 15.7 Å². The highest BCUT2D eigenvalue weighted by Gasteiger charge is 2.26. The summed E-state index contributed by atoms with van der Waals surface area (Å²) >= 11 is 4.74. The van der Waals surface area contributed by atoms with Crippen molar-refractivity contribution in [3.63, 3.8) is 0 Å². The third-order valence-electron chi connectivity index (χ3n) is 2.16. The number of hydrogen-bond acceptors (Lipinski definition) is 4. The standard InChI is InChI=1S/C11H10N4OS/c12-9-8(10(16)15-11(17)14-9)13-6-7-4-2-1-3-5-7/h1-6,8H,(H3,12,14,15,16,17). The van der Waals surface area contributed by atoms with Gasteiger partial charge in [0.15, 0.2) is 6.04 Å². The van der Waals surface area contributed by atoms with E-state index in [2.05, 4.69) is 15.3 Å². The van der Waals surface area contributed by atoms with E-state index in [-0.39, 0.29) is 16.9 Å². The van der Waals surface area contributed by atoms with Gasteiger partial charge in [-0.05, 0) is 17.8 Å². The summed E-state index contributed by atoms with van der Waals surface area (Å²) < 4.78 is 0. The van der Waals surface area contributed by atoms with Crippen molar-refractivity contribution in [3.8, 4) is 0 Å². The number of benzene rings is 1. The molecule has 1 amide bonds. The summed E-state index contributed by atoms with van der Waals surface area (Å²) in [6.45, 7) is 0. The molecule has 3 N–H and O–H groups in total. The highest BCUT2D eigenvalue weighted by Crippen LogP contribution is 2.01. The second-order valence-corrected chi connectivity index (χ2v) is 3.81. The van der Waals surface area contributed by atoms with E-state index in [0.29, 0.717) is 0 Å². The lowest BCUT2D eigenvalue weighted by Gasteiger charge is -2.16. The van der Waals surface area contributed by atoms with Crippen LogP contribution in [0.5, 0.6) is 0 Å². The average Bonchev–Trinajstić information content (AvgIpc) is 2.29. The van der Waals surface area contributed by atoms with E-state index >= 15 is 0 Å². The summed E-state index contributed by atoms with van der Waals surface area (Å²) in [6.07, 6.45) is 1.58. The van der Waals surface area contributed by atoms with Crippen LogP contribution in [0.1, 0.15) is 5.56 Å². The fourth-order valence-corrected chi connectivity index (χ4v) is 1.56. The van der Waals surface area contributed by atoms with Crippen LogP contribution in [-0.4, -0.2) is 29.1 Å². The zero-order valence-corrected chi connectivity index (χ0v) is 9.65. The maximum Gasteiger partial charge on any atom is 0.258 e. The molecular formula is C11H10N4OS. The van der Waals surface area contributed by atoms with Gasteiger partial charge in [0, 0.05) is 6.21 Å². The number of nitrogens with one attached hydrogen (secondary N) is 1. The van der Waals surface area contributed by atoms with Crippen molar-refractivity contribution in [1.29, 1.82) is 0 Å². The van der Waals surface area contributed by atoms with Gasteiger partial charge in [0.25, 0.3) is 5.91 Å². The van der Waals surface area contributed by atoms with Crippen molar-refractivity contribution < 1.29 is 4.79 Å². The van der Waals surface area contributed by atoms with E-state index in [1.807, 2.05) is 30.3 Å². The number of carbonyl (C=O) groups is 1. The fourth-order valence-electron chi connectivity index (χ4n) is 1.36. The summed E-state index contributed by atoms with van der Waals surface area (Å²) in [5, 5.41) is 2.49. The topological polar surface area (TPSA) is 79.8 Å². The van der Waals surface area contributed by atoms with Crippen LogP contribution in [0.15, 0.2) is 40.3 Å². The minimum Gasteiger partial charge on any atom is -0.385 e. The Morgan fingerprint density at radius 2 is 2.12 bits per heavy atom. The maximum absolute atomic E-state index is 11.6. The molecule has 1 aromatic rings. The third-order valence-corrected chi connectivity index (χ3v) is 2.35. The normalized spacial score (nSPS) is 20.2. The van der Waals surface area contributed by atoms with Crippen LogP contribution < -0.4 is 11.1 Å². The first-order valence-corrected chi connectivity index (χ1v) is 5.35.